The molecule has 1 heterocycles. The van der Waals surface area contributed by atoms with Gasteiger partial charge in [0.2, 0.25) is 5.91 Å². The molecule has 1 aromatic heterocycles. The zero-order valence-corrected chi connectivity index (χ0v) is 17.1. The predicted octanol–water partition coefficient (Wildman–Crippen LogP) is 4.07. The predicted molar refractivity (Wildman–Crippen MR) is 116 cm³/mol. The highest BCUT2D eigenvalue weighted by molar-refractivity contribution is 5.93. The van der Waals surface area contributed by atoms with Gasteiger partial charge in [0.15, 0.2) is 0 Å². The lowest BCUT2D eigenvalue weighted by Crippen LogP contribution is -2.34. The molecule has 0 spiro atoms. The van der Waals surface area contributed by atoms with E-state index >= 15 is 0 Å². The van der Waals surface area contributed by atoms with Gasteiger partial charge in [-0.2, -0.15) is 5.10 Å². The fraction of sp³-hybridized carbons (Fsp3) is 0.250. The minimum absolute atomic E-state index is 0.0467. The Morgan fingerprint density at radius 1 is 1.17 bits per heavy atom. The molecule has 0 aliphatic rings. The highest BCUT2D eigenvalue weighted by Crippen LogP contribution is 2.24. The third kappa shape index (κ3) is 5.90. The molecule has 29 heavy (non-hydrogen) atoms. The largest absolute Gasteiger partial charge is 0.383 e. The van der Waals surface area contributed by atoms with Gasteiger partial charge in [0, 0.05) is 36.6 Å². The van der Waals surface area contributed by atoms with E-state index < -0.39 is 0 Å². The second kappa shape index (κ2) is 9.85. The number of rotatable bonds is 8. The lowest BCUT2D eigenvalue weighted by molar-refractivity contribution is -0.117. The Labute approximate surface area is 172 Å². The number of aryl methyl sites for hydroxylation is 1. The Kier molecular flexibility index (Phi) is 6.98. The summed E-state index contributed by atoms with van der Waals surface area (Å²) >= 11 is 0. The van der Waals surface area contributed by atoms with Crippen molar-refractivity contribution in [1.82, 2.24) is 15.1 Å². The Balaban J connectivity index is 1.86. The molecule has 1 N–H and O–H groups in total. The standard InChI is InChI=1S/C24H27N3O2/c1-18-9-11-21(12-10-18)24-22(13-14-23(28)25-19(2)17-29-3)16-27(26-24)15-20-7-5-4-6-8-20/h4-14,16,19H,15,17H2,1-3H3,(H,25,28)/b14-13+. The topological polar surface area (TPSA) is 56.1 Å². The van der Waals surface area contributed by atoms with Gasteiger partial charge in [-0.3, -0.25) is 9.48 Å². The minimum Gasteiger partial charge on any atom is -0.383 e. The fourth-order valence-corrected chi connectivity index (χ4v) is 3.09. The molecule has 150 valence electrons. The summed E-state index contributed by atoms with van der Waals surface area (Å²) < 4.78 is 6.97. The zero-order chi connectivity index (χ0) is 20.6. The van der Waals surface area contributed by atoms with E-state index in [9.17, 15) is 4.79 Å². The normalized spacial score (nSPS) is 12.2. The summed E-state index contributed by atoms with van der Waals surface area (Å²) in [5.74, 6) is -0.153. The first kappa shape index (κ1) is 20.6. The molecule has 1 atom stereocenters. The van der Waals surface area contributed by atoms with Gasteiger partial charge in [-0.1, -0.05) is 60.2 Å². The lowest BCUT2D eigenvalue weighted by Gasteiger charge is -2.10. The van der Waals surface area contributed by atoms with Crippen LogP contribution in [0.1, 0.15) is 23.6 Å². The van der Waals surface area contributed by atoms with Crippen molar-refractivity contribution in [3.8, 4) is 11.3 Å². The van der Waals surface area contributed by atoms with Crippen molar-refractivity contribution in [1.29, 1.82) is 0 Å². The number of nitrogens with one attached hydrogen (secondary N) is 1. The van der Waals surface area contributed by atoms with Crippen molar-refractivity contribution in [3.63, 3.8) is 0 Å². The molecule has 0 radical (unpaired) electrons. The molecular formula is C24H27N3O2. The summed E-state index contributed by atoms with van der Waals surface area (Å²) in [6.07, 6.45) is 5.34. The molecular weight excluding hydrogens is 362 g/mol. The first-order chi connectivity index (χ1) is 14.0. The quantitative estimate of drug-likeness (QED) is 0.591. The highest BCUT2D eigenvalue weighted by Gasteiger charge is 2.11. The first-order valence-electron chi connectivity index (χ1n) is 9.71. The van der Waals surface area contributed by atoms with Crippen LogP contribution in [0.5, 0.6) is 0 Å². The van der Waals surface area contributed by atoms with Crippen LogP contribution in [0, 0.1) is 6.92 Å². The molecule has 0 bridgehead atoms. The van der Waals surface area contributed by atoms with E-state index in [1.165, 1.54) is 11.1 Å². The summed E-state index contributed by atoms with van der Waals surface area (Å²) in [6, 6.07) is 18.4. The van der Waals surface area contributed by atoms with E-state index in [0.29, 0.717) is 13.2 Å². The van der Waals surface area contributed by atoms with Gasteiger partial charge < -0.3 is 10.1 Å². The van der Waals surface area contributed by atoms with Gasteiger partial charge in [-0.05, 0) is 25.5 Å². The maximum atomic E-state index is 12.2. The number of carbonyl (C=O) groups excluding carboxylic acids is 1. The van der Waals surface area contributed by atoms with Crippen LogP contribution in [0.4, 0.5) is 0 Å². The smallest absolute Gasteiger partial charge is 0.244 e. The Morgan fingerprint density at radius 2 is 1.90 bits per heavy atom. The van der Waals surface area contributed by atoms with Crippen LogP contribution >= 0.6 is 0 Å². The van der Waals surface area contributed by atoms with Crippen molar-refractivity contribution in [2.24, 2.45) is 0 Å². The summed E-state index contributed by atoms with van der Waals surface area (Å²) in [5.41, 5.74) is 5.15. The average molecular weight is 389 g/mol. The molecule has 0 saturated heterocycles. The molecule has 3 aromatic rings. The summed E-state index contributed by atoms with van der Waals surface area (Å²) in [4.78, 5) is 12.2. The fourth-order valence-electron chi connectivity index (χ4n) is 3.09. The molecule has 5 nitrogen and oxygen atoms in total. The van der Waals surface area contributed by atoms with Crippen molar-refractivity contribution >= 4 is 12.0 Å². The second-order valence-corrected chi connectivity index (χ2v) is 7.18. The van der Waals surface area contributed by atoms with E-state index in [0.717, 1.165) is 16.8 Å². The van der Waals surface area contributed by atoms with E-state index in [-0.39, 0.29) is 11.9 Å². The van der Waals surface area contributed by atoms with Gasteiger partial charge in [-0.25, -0.2) is 0 Å². The van der Waals surface area contributed by atoms with E-state index in [1.807, 2.05) is 42.1 Å². The van der Waals surface area contributed by atoms with Crippen LogP contribution in [0.3, 0.4) is 0 Å². The number of benzene rings is 2. The number of carbonyl (C=O) groups is 1. The number of hydrogen-bond acceptors (Lipinski definition) is 3. The molecule has 1 unspecified atom stereocenters. The van der Waals surface area contributed by atoms with Gasteiger partial charge in [0.1, 0.15) is 0 Å². The van der Waals surface area contributed by atoms with Gasteiger partial charge in [-0.15, -0.1) is 0 Å². The molecule has 0 aliphatic heterocycles. The van der Waals surface area contributed by atoms with Gasteiger partial charge in [0.25, 0.3) is 0 Å². The van der Waals surface area contributed by atoms with Crippen LogP contribution in [-0.2, 0) is 16.1 Å². The molecule has 0 aliphatic carbocycles. The first-order valence-corrected chi connectivity index (χ1v) is 9.71. The molecule has 5 heteroatoms. The Morgan fingerprint density at radius 3 is 2.59 bits per heavy atom. The van der Waals surface area contributed by atoms with Crippen molar-refractivity contribution < 1.29 is 9.53 Å². The van der Waals surface area contributed by atoms with Crippen molar-refractivity contribution in [2.45, 2.75) is 26.4 Å². The van der Waals surface area contributed by atoms with Crippen LogP contribution in [0.15, 0.2) is 66.9 Å². The lowest BCUT2D eigenvalue weighted by atomic mass is 10.1. The van der Waals surface area contributed by atoms with Crippen molar-refractivity contribution in [3.05, 3.63) is 83.6 Å². The summed E-state index contributed by atoms with van der Waals surface area (Å²) in [7, 11) is 1.62. The van der Waals surface area contributed by atoms with E-state index in [1.54, 1.807) is 13.2 Å². The zero-order valence-electron chi connectivity index (χ0n) is 17.1. The maximum Gasteiger partial charge on any atom is 0.244 e. The SMILES string of the molecule is COCC(C)NC(=O)/C=C/c1cn(Cc2ccccc2)nc1-c1ccc(C)cc1. The summed E-state index contributed by atoms with van der Waals surface area (Å²) in [6.45, 7) is 5.11. The number of amides is 1. The Bertz CT molecular complexity index is 960. The monoisotopic (exact) mass is 389 g/mol. The highest BCUT2D eigenvalue weighted by atomic mass is 16.5. The van der Waals surface area contributed by atoms with E-state index in [2.05, 4.69) is 48.6 Å². The van der Waals surface area contributed by atoms with Crippen LogP contribution in [-0.4, -0.2) is 35.4 Å². The molecule has 0 saturated carbocycles. The number of ether oxygens (including phenoxy) is 1. The van der Waals surface area contributed by atoms with Gasteiger partial charge >= 0.3 is 0 Å². The molecule has 0 fully saturated rings. The van der Waals surface area contributed by atoms with E-state index in [4.69, 9.17) is 9.84 Å². The van der Waals surface area contributed by atoms with Crippen molar-refractivity contribution in [2.75, 3.05) is 13.7 Å². The number of hydrogen-bond donors (Lipinski definition) is 1. The number of nitrogens with zero attached hydrogens (tertiary/aromatic N) is 2. The van der Waals surface area contributed by atoms with Crippen LogP contribution in [0.2, 0.25) is 0 Å². The molecule has 1 amide bonds. The van der Waals surface area contributed by atoms with Crippen LogP contribution < -0.4 is 5.32 Å². The second-order valence-electron chi connectivity index (χ2n) is 7.18. The third-order valence-corrected chi connectivity index (χ3v) is 4.52. The molecule has 2 aromatic carbocycles. The minimum atomic E-state index is -0.153. The average Bonchev–Trinajstić information content (AvgIpc) is 3.10. The maximum absolute atomic E-state index is 12.2. The number of aromatic nitrogens is 2. The molecule has 3 rings (SSSR count). The third-order valence-electron chi connectivity index (χ3n) is 4.52. The van der Waals surface area contributed by atoms with Gasteiger partial charge in [0.05, 0.1) is 18.8 Å². The summed E-state index contributed by atoms with van der Waals surface area (Å²) in [5, 5.41) is 7.67. The Hall–Kier alpha value is -3.18. The van der Waals surface area contributed by atoms with Crippen LogP contribution in [0.25, 0.3) is 17.3 Å². The number of methoxy groups -OCH3 is 1.